The number of hydrogen-bond acceptors (Lipinski definition) is 3. The van der Waals surface area contributed by atoms with Gasteiger partial charge in [-0.1, -0.05) is 19.3 Å². The fourth-order valence-electron chi connectivity index (χ4n) is 7.25. The van der Waals surface area contributed by atoms with Crippen molar-refractivity contribution in [3.05, 3.63) is 18.2 Å². The molecule has 0 unspecified atom stereocenters. The van der Waals surface area contributed by atoms with E-state index in [4.69, 9.17) is 9.16 Å². The van der Waals surface area contributed by atoms with Gasteiger partial charge in [0.05, 0.1) is 24.2 Å². The summed E-state index contributed by atoms with van der Waals surface area (Å²) in [6.45, 7) is 4.47. The molecule has 0 aromatic heterocycles. The summed E-state index contributed by atoms with van der Waals surface area (Å²) in [5, 5.41) is 12.3. The Morgan fingerprint density at radius 2 is 1.24 bits per heavy atom. The molecule has 3 nitrogen and oxygen atoms in total. The SMILES string of the molecule is CO[Si](C)(C)COc1ccc(O)cc1[P+](C1CCCCC1)(C1CCCCC1)C1CCCCC1. The summed E-state index contributed by atoms with van der Waals surface area (Å²) in [5.74, 6) is 1.52. The molecule has 0 aliphatic heterocycles. The van der Waals surface area contributed by atoms with Crippen molar-refractivity contribution >= 4 is 20.9 Å². The minimum atomic E-state index is -1.85. The molecule has 0 saturated heterocycles. The summed E-state index contributed by atoms with van der Waals surface area (Å²) in [5.41, 5.74) is 2.48. The number of hydrogen-bond donors (Lipinski definition) is 1. The number of phenolic OH excluding ortho intramolecular Hbond substituents is 1. The summed E-state index contributed by atoms with van der Waals surface area (Å²) >= 11 is 0. The van der Waals surface area contributed by atoms with Gasteiger partial charge in [-0.2, -0.15) is 0 Å². The van der Waals surface area contributed by atoms with Crippen LogP contribution in [0.4, 0.5) is 0 Å². The van der Waals surface area contributed by atoms with Crippen LogP contribution < -0.4 is 10.0 Å². The first kappa shape index (κ1) is 25.5. The third kappa shape index (κ3) is 5.65. The van der Waals surface area contributed by atoms with Crippen molar-refractivity contribution < 1.29 is 14.3 Å². The van der Waals surface area contributed by atoms with E-state index < -0.39 is 15.6 Å². The van der Waals surface area contributed by atoms with Crippen molar-refractivity contribution in [2.75, 3.05) is 13.3 Å². The van der Waals surface area contributed by atoms with Gasteiger partial charge in [0.15, 0.2) is 5.75 Å². The van der Waals surface area contributed by atoms with E-state index in [1.165, 1.54) is 102 Å². The summed E-state index contributed by atoms with van der Waals surface area (Å²) in [7, 11) is -1.56. The highest BCUT2D eigenvalue weighted by Gasteiger charge is 2.60. The molecular weight excluding hydrogens is 443 g/mol. The number of benzene rings is 1. The number of phenols is 1. The van der Waals surface area contributed by atoms with Crippen molar-refractivity contribution in [1.82, 2.24) is 0 Å². The van der Waals surface area contributed by atoms with Crippen molar-refractivity contribution in [2.45, 2.75) is 126 Å². The Kier molecular flexibility index (Phi) is 8.85. The molecule has 0 radical (unpaired) electrons. The third-order valence-electron chi connectivity index (χ3n) is 9.02. The van der Waals surface area contributed by atoms with Gasteiger partial charge in [-0.25, -0.2) is 0 Å². The predicted molar refractivity (Wildman–Crippen MR) is 145 cm³/mol. The zero-order chi connectivity index (χ0) is 23.3. The highest BCUT2D eigenvalue weighted by Crippen LogP contribution is 2.77. The van der Waals surface area contributed by atoms with E-state index in [0.717, 1.165) is 22.7 Å². The van der Waals surface area contributed by atoms with Gasteiger partial charge in [0.2, 0.25) is 8.32 Å². The smallest absolute Gasteiger partial charge is 0.224 e. The molecule has 0 heterocycles. The Labute approximate surface area is 204 Å². The zero-order valence-corrected chi connectivity index (χ0v) is 23.4. The van der Waals surface area contributed by atoms with E-state index in [1.54, 1.807) is 0 Å². The van der Waals surface area contributed by atoms with Crippen LogP contribution in [-0.4, -0.2) is 43.7 Å². The lowest BCUT2D eigenvalue weighted by atomic mass is 9.99. The first-order valence-corrected chi connectivity index (χ1v) is 19.0. The average molecular weight is 492 g/mol. The molecule has 0 amide bonds. The number of rotatable bonds is 8. The molecule has 0 spiro atoms. The lowest BCUT2D eigenvalue weighted by Crippen LogP contribution is -2.43. The van der Waals surface area contributed by atoms with E-state index in [-0.39, 0.29) is 0 Å². The van der Waals surface area contributed by atoms with Crippen LogP contribution in [0.1, 0.15) is 96.3 Å². The second-order valence-corrected chi connectivity index (χ2v) is 20.2. The highest BCUT2D eigenvalue weighted by molar-refractivity contribution is 7.85. The van der Waals surface area contributed by atoms with Gasteiger partial charge in [-0.05, 0) is 102 Å². The molecular formula is C28H48O3PSi+. The predicted octanol–water partition coefficient (Wildman–Crippen LogP) is 7.80. The second kappa shape index (κ2) is 11.4. The van der Waals surface area contributed by atoms with Crippen molar-refractivity contribution in [3.63, 3.8) is 0 Å². The fraction of sp³-hybridized carbons (Fsp3) is 0.786. The summed E-state index contributed by atoms with van der Waals surface area (Å²) < 4.78 is 12.5. The lowest BCUT2D eigenvalue weighted by molar-refractivity contribution is 0.321. The van der Waals surface area contributed by atoms with Gasteiger partial charge in [0, 0.05) is 13.2 Å². The van der Waals surface area contributed by atoms with Crippen LogP contribution in [0.15, 0.2) is 18.2 Å². The molecule has 3 saturated carbocycles. The Hall–Kier alpha value is -0.573. The molecule has 33 heavy (non-hydrogen) atoms. The van der Waals surface area contributed by atoms with E-state index >= 15 is 0 Å². The fourth-order valence-corrected chi connectivity index (χ4v) is 15.4. The van der Waals surface area contributed by atoms with Crippen LogP contribution in [0.25, 0.3) is 0 Å². The van der Waals surface area contributed by atoms with Crippen LogP contribution in [0.3, 0.4) is 0 Å². The van der Waals surface area contributed by atoms with E-state index in [1.807, 2.05) is 13.2 Å². The first-order chi connectivity index (χ1) is 16.0. The Balaban J connectivity index is 1.85. The number of aromatic hydroxyl groups is 1. The van der Waals surface area contributed by atoms with E-state index in [9.17, 15) is 5.11 Å². The molecule has 3 aliphatic rings. The average Bonchev–Trinajstić information content (AvgIpc) is 2.86. The Morgan fingerprint density at radius 3 is 1.67 bits per heavy atom. The standard InChI is InChI=1S/C28H47O3PSi/c1-30-33(2,3)22-31-27-20-19-23(29)21-28(27)32(24-13-7-4-8-14-24,25-15-9-5-10-16-25)26-17-11-6-12-18-26/h19-21,24-26H,4-18,22H2,1-3H3/p+1. The van der Waals surface area contributed by atoms with Crippen molar-refractivity contribution in [1.29, 1.82) is 0 Å². The van der Waals surface area contributed by atoms with Gasteiger partial charge in [0.25, 0.3) is 0 Å². The zero-order valence-electron chi connectivity index (χ0n) is 21.5. The topological polar surface area (TPSA) is 38.7 Å². The Bertz CT molecular complexity index is 704. The normalized spacial score (nSPS) is 22.4. The Morgan fingerprint density at radius 1 is 0.788 bits per heavy atom. The molecule has 0 atom stereocenters. The molecule has 3 fully saturated rings. The van der Waals surface area contributed by atoms with Gasteiger partial charge in [0.1, 0.15) is 17.3 Å². The van der Waals surface area contributed by atoms with Crippen LogP contribution in [-0.2, 0) is 4.43 Å². The van der Waals surface area contributed by atoms with E-state index in [2.05, 4.69) is 25.2 Å². The minimum absolute atomic E-state index is 0.437. The maximum atomic E-state index is 10.8. The summed E-state index contributed by atoms with van der Waals surface area (Å²) in [6, 6.07) is 6.15. The molecule has 1 N–H and O–H groups in total. The minimum Gasteiger partial charge on any atom is -0.508 e. The van der Waals surface area contributed by atoms with Gasteiger partial charge >= 0.3 is 0 Å². The summed E-state index contributed by atoms with van der Waals surface area (Å²) in [4.78, 5) is 0. The summed E-state index contributed by atoms with van der Waals surface area (Å²) in [6.07, 6.45) is 21.6. The van der Waals surface area contributed by atoms with Crippen LogP contribution in [0, 0.1) is 0 Å². The molecule has 3 aliphatic carbocycles. The molecule has 1 aromatic rings. The van der Waals surface area contributed by atoms with Crippen molar-refractivity contribution in [3.8, 4) is 11.5 Å². The van der Waals surface area contributed by atoms with Crippen LogP contribution in [0.2, 0.25) is 13.1 Å². The van der Waals surface area contributed by atoms with Crippen LogP contribution in [0.5, 0.6) is 11.5 Å². The molecule has 5 heteroatoms. The third-order valence-corrected chi connectivity index (χ3v) is 17.3. The second-order valence-electron chi connectivity index (χ2n) is 11.6. The maximum absolute atomic E-state index is 10.8. The van der Waals surface area contributed by atoms with E-state index in [0.29, 0.717) is 12.0 Å². The maximum Gasteiger partial charge on any atom is 0.224 e. The molecule has 186 valence electrons. The van der Waals surface area contributed by atoms with Gasteiger partial charge < -0.3 is 14.3 Å². The van der Waals surface area contributed by atoms with Gasteiger partial charge in [-0.15, -0.1) is 0 Å². The largest absolute Gasteiger partial charge is 0.508 e. The molecule has 4 rings (SSSR count). The van der Waals surface area contributed by atoms with Gasteiger partial charge in [-0.3, -0.25) is 0 Å². The highest BCUT2D eigenvalue weighted by atomic mass is 31.2. The first-order valence-electron chi connectivity index (χ1n) is 13.9. The van der Waals surface area contributed by atoms with Crippen LogP contribution >= 0.6 is 7.26 Å². The molecule has 1 aromatic carbocycles. The number of ether oxygens (including phenoxy) is 1. The lowest BCUT2D eigenvalue weighted by Gasteiger charge is -2.49. The monoisotopic (exact) mass is 491 g/mol. The van der Waals surface area contributed by atoms with Crippen molar-refractivity contribution in [2.24, 2.45) is 0 Å². The molecule has 0 bridgehead atoms. The quantitative estimate of drug-likeness (QED) is 0.298.